The lowest BCUT2D eigenvalue weighted by Gasteiger charge is -2.13. The van der Waals surface area contributed by atoms with Crippen LogP contribution >= 0.6 is 27.7 Å². The summed E-state index contributed by atoms with van der Waals surface area (Å²) in [7, 11) is 0. The van der Waals surface area contributed by atoms with Crippen LogP contribution in [0.2, 0.25) is 0 Å². The monoisotopic (exact) mass is 514 g/mol. The number of imide groups is 1. The highest BCUT2D eigenvalue weighted by Gasteiger charge is 2.36. The second kappa shape index (κ2) is 9.56. The molecule has 162 valence electrons. The van der Waals surface area contributed by atoms with E-state index in [0.29, 0.717) is 40.6 Å². The van der Waals surface area contributed by atoms with E-state index in [1.165, 1.54) is 6.08 Å². The lowest BCUT2D eigenvalue weighted by atomic mass is 10.2. The molecule has 31 heavy (non-hydrogen) atoms. The smallest absolute Gasteiger partial charge is 0.294 e. The molecule has 2 aromatic carbocycles. The summed E-state index contributed by atoms with van der Waals surface area (Å²) in [5.74, 6) is -5.91. The fourth-order valence-electron chi connectivity index (χ4n) is 2.65. The van der Waals surface area contributed by atoms with Gasteiger partial charge in [0.15, 0.2) is 17.5 Å². The van der Waals surface area contributed by atoms with Crippen molar-refractivity contribution in [3.8, 4) is 5.75 Å². The Hall–Kier alpha value is -2.79. The molecule has 1 N–H and O–H groups in total. The Labute approximate surface area is 187 Å². The Kier molecular flexibility index (Phi) is 7.06. The number of rotatable bonds is 6. The average Bonchev–Trinajstić information content (AvgIpc) is 2.98. The Morgan fingerprint density at radius 3 is 2.65 bits per heavy atom. The van der Waals surface area contributed by atoms with Crippen LogP contribution in [0.25, 0.3) is 6.08 Å². The van der Waals surface area contributed by atoms with Crippen LogP contribution in [0.4, 0.5) is 23.7 Å². The van der Waals surface area contributed by atoms with Crippen LogP contribution in [0.15, 0.2) is 39.7 Å². The van der Waals surface area contributed by atoms with E-state index in [2.05, 4.69) is 15.9 Å². The molecule has 6 nitrogen and oxygen atoms in total. The summed E-state index contributed by atoms with van der Waals surface area (Å²) in [5, 5.41) is 1.32. The summed E-state index contributed by atoms with van der Waals surface area (Å²) < 4.78 is 46.3. The molecular formula is C20H14BrF3N2O4S. The van der Waals surface area contributed by atoms with Gasteiger partial charge in [-0.2, -0.15) is 0 Å². The second-order valence-corrected chi connectivity index (χ2v) is 8.06. The molecule has 1 heterocycles. The van der Waals surface area contributed by atoms with Gasteiger partial charge in [0.05, 0.1) is 17.2 Å². The fourth-order valence-corrected chi connectivity index (χ4v) is 3.86. The van der Waals surface area contributed by atoms with E-state index >= 15 is 0 Å². The second-order valence-electron chi connectivity index (χ2n) is 6.15. The summed E-state index contributed by atoms with van der Waals surface area (Å²) >= 11 is 3.96. The van der Waals surface area contributed by atoms with Crippen molar-refractivity contribution < 1.29 is 32.3 Å². The average molecular weight is 515 g/mol. The maximum Gasteiger partial charge on any atom is 0.294 e. The molecule has 1 fully saturated rings. The van der Waals surface area contributed by atoms with Crippen LogP contribution in [0, 0.1) is 17.5 Å². The van der Waals surface area contributed by atoms with Gasteiger partial charge in [0.25, 0.3) is 11.1 Å². The van der Waals surface area contributed by atoms with Gasteiger partial charge < -0.3 is 10.1 Å². The lowest BCUT2D eigenvalue weighted by molar-refractivity contribution is -0.127. The van der Waals surface area contributed by atoms with Crippen LogP contribution in [-0.2, 0) is 9.59 Å². The van der Waals surface area contributed by atoms with E-state index in [0.717, 1.165) is 10.5 Å². The Morgan fingerprint density at radius 1 is 1.19 bits per heavy atom. The van der Waals surface area contributed by atoms with Crippen LogP contribution in [0.5, 0.6) is 5.75 Å². The molecule has 1 aliphatic rings. The van der Waals surface area contributed by atoms with E-state index in [-0.39, 0.29) is 4.91 Å². The number of thioether (sulfide) groups is 1. The molecule has 0 atom stereocenters. The minimum absolute atomic E-state index is 0.0656. The Balaban J connectivity index is 1.77. The minimum atomic E-state index is -1.74. The summed E-state index contributed by atoms with van der Waals surface area (Å²) in [6.07, 6.45) is 1.47. The van der Waals surface area contributed by atoms with Crippen molar-refractivity contribution in [2.75, 3.05) is 18.5 Å². The fraction of sp³-hybridized carbons (Fsp3) is 0.150. The number of carbonyl (C=O) groups excluding carboxylic acids is 3. The van der Waals surface area contributed by atoms with Crippen molar-refractivity contribution in [3.63, 3.8) is 0 Å². The molecule has 0 bridgehead atoms. The lowest BCUT2D eigenvalue weighted by Crippen LogP contribution is -2.36. The number of benzene rings is 2. The normalized spacial score (nSPS) is 15.0. The number of amides is 3. The third-order valence-electron chi connectivity index (χ3n) is 4.04. The molecule has 1 aliphatic heterocycles. The van der Waals surface area contributed by atoms with Gasteiger partial charge in [-0.05, 0) is 55.1 Å². The summed E-state index contributed by atoms with van der Waals surface area (Å²) in [5.41, 5.74) is -0.0584. The van der Waals surface area contributed by atoms with E-state index in [9.17, 15) is 27.6 Å². The number of hydrogen-bond donors (Lipinski definition) is 1. The van der Waals surface area contributed by atoms with E-state index < -0.39 is 46.7 Å². The molecule has 0 spiro atoms. The van der Waals surface area contributed by atoms with Crippen LogP contribution in [-0.4, -0.2) is 35.1 Å². The van der Waals surface area contributed by atoms with Gasteiger partial charge >= 0.3 is 0 Å². The minimum Gasteiger partial charge on any atom is -0.493 e. The van der Waals surface area contributed by atoms with Crippen molar-refractivity contribution in [1.82, 2.24) is 4.90 Å². The zero-order valence-electron chi connectivity index (χ0n) is 15.9. The largest absolute Gasteiger partial charge is 0.493 e. The number of anilines is 1. The highest BCUT2D eigenvalue weighted by molar-refractivity contribution is 9.10. The number of halogens is 4. The van der Waals surface area contributed by atoms with Crippen LogP contribution in [0.3, 0.4) is 0 Å². The topological polar surface area (TPSA) is 75.7 Å². The van der Waals surface area contributed by atoms with E-state index in [1.807, 2.05) is 5.32 Å². The van der Waals surface area contributed by atoms with Crippen LogP contribution in [0.1, 0.15) is 12.5 Å². The van der Waals surface area contributed by atoms with Gasteiger partial charge in [0, 0.05) is 10.0 Å². The van der Waals surface area contributed by atoms with Crippen molar-refractivity contribution >= 4 is 56.5 Å². The first-order chi connectivity index (χ1) is 14.7. The molecule has 2 aromatic rings. The molecule has 1 saturated heterocycles. The van der Waals surface area contributed by atoms with Gasteiger partial charge in [0.2, 0.25) is 5.91 Å². The maximum atomic E-state index is 13.7. The van der Waals surface area contributed by atoms with Crippen molar-refractivity contribution in [1.29, 1.82) is 0 Å². The number of hydrogen-bond acceptors (Lipinski definition) is 5. The number of ether oxygens (including phenoxy) is 1. The van der Waals surface area contributed by atoms with E-state index in [4.69, 9.17) is 4.74 Å². The summed E-state index contributed by atoms with van der Waals surface area (Å²) in [6, 6.07) is 6.65. The highest BCUT2D eigenvalue weighted by atomic mass is 79.9. The molecule has 3 amide bonds. The summed E-state index contributed by atoms with van der Waals surface area (Å²) in [4.78, 5) is 37.8. The first-order valence-electron chi connectivity index (χ1n) is 8.82. The third kappa shape index (κ3) is 5.10. The van der Waals surface area contributed by atoms with Crippen molar-refractivity contribution in [2.24, 2.45) is 0 Å². The van der Waals surface area contributed by atoms with Gasteiger partial charge in [-0.3, -0.25) is 19.3 Å². The van der Waals surface area contributed by atoms with E-state index in [1.54, 1.807) is 25.1 Å². The predicted octanol–water partition coefficient (Wildman–Crippen LogP) is 4.94. The molecule has 0 saturated carbocycles. The molecule has 11 heteroatoms. The number of nitrogens with zero attached hydrogens (tertiary/aromatic N) is 1. The van der Waals surface area contributed by atoms with Crippen LogP contribution < -0.4 is 10.1 Å². The maximum absolute atomic E-state index is 13.7. The standard InChI is InChI=1S/C20H14BrF3N2O4S/c1-2-30-14-6-3-11(21)7-10(14)8-15-19(28)26(20(29)31-15)9-16(27)25-13-5-4-12(22)17(23)18(13)24/h3-8H,2,9H2,1H3,(H,25,27)/b15-8+. The van der Waals surface area contributed by atoms with Gasteiger partial charge in [0.1, 0.15) is 12.3 Å². The zero-order valence-corrected chi connectivity index (χ0v) is 18.3. The molecular weight excluding hydrogens is 501 g/mol. The Bertz CT molecular complexity index is 1110. The van der Waals surface area contributed by atoms with Gasteiger partial charge in [-0.15, -0.1) is 0 Å². The quantitative estimate of drug-likeness (QED) is 0.436. The molecule has 0 aromatic heterocycles. The molecule has 0 radical (unpaired) electrons. The molecule has 3 rings (SSSR count). The molecule has 0 aliphatic carbocycles. The number of nitrogens with one attached hydrogen (secondary N) is 1. The molecule has 0 unspecified atom stereocenters. The third-order valence-corrected chi connectivity index (χ3v) is 5.44. The first kappa shape index (κ1) is 22.9. The number of carbonyl (C=O) groups is 3. The zero-order chi connectivity index (χ0) is 22.7. The van der Waals surface area contributed by atoms with Gasteiger partial charge in [-0.25, -0.2) is 13.2 Å². The summed E-state index contributed by atoms with van der Waals surface area (Å²) in [6.45, 7) is 1.47. The first-order valence-corrected chi connectivity index (χ1v) is 10.4. The predicted molar refractivity (Wildman–Crippen MR) is 113 cm³/mol. The SMILES string of the molecule is CCOc1ccc(Br)cc1/C=C1/SC(=O)N(CC(=O)Nc2ccc(F)c(F)c2F)C1=O. The van der Waals surface area contributed by atoms with Crippen molar-refractivity contribution in [2.45, 2.75) is 6.92 Å². The van der Waals surface area contributed by atoms with Crippen molar-refractivity contribution in [3.05, 3.63) is 62.7 Å². The highest BCUT2D eigenvalue weighted by Crippen LogP contribution is 2.35. The Morgan fingerprint density at radius 2 is 1.94 bits per heavy atom. The van der Waals surface area contributed by atoms with Gasteiger partial charge in [-0.1, -0.05) is 15.9 Å².